The lowest BCUT2D eigenvalue weighted by atomic mass is 10.0. The molecule has 0 aromatic carbocycles. The lowest BCUT2D eigenvalue weighted by Gasteiger charge is -2.36. The molecule has 14 heavy (non-hydrogen) atoms. The molecule has 2 heterocycles. The Bertz CT molecular complexity index is 210. The molecule has 2 fully saturated rings. The average molecular weight is 214 g/mol. The van der Waals surface area contributed by atoms with Crippen LogP contribution in [0.1, 0.15) is 19.8 Å². The second-order valence-electron chi connectivity index (χ2n) is 4.18. The van der Waals surface area contributed by atoms with Crippen LogP contribution in [0.15, 0.2) is 0 Å². The van der Waals surface area contributed by atoms with Gasteiger partial charge in [-0.05, 0) is 12.8 Å². The van der Waals surface area contributed by atoms with Crippen LogP contribution < -0.4 is 5.32 Å². The summed E-state index contributed by atoms with van der Waals surface area (Å²) in [5.41, 5.74) is 0. The van der Waals surface area contributed by atoms with E-state index < -0.39 is 0 Å². The van der Waals surface area contributed by atoms with E-state index in [1.807, 2.05) is 16.7 Å². The highest BCUT2D eigenvalue weighted by Crippen LogP contribution is 2.20. The molecule has 1 N–H and O–H groups in total. The molecule has 0 aromatic rings. The van der Waals surface area contributed by atoms with E-state index in [1.54, 1.807) is 6.92 Å². The maximum absolute atomic E-state index is 11.1. The van der Waals surface area contributed by atoms with Gasteiger partial charge in [-0.25, -0.2) is 0 Å². The summed E-state index contributed by atoms with van der Waals surface area (Å²) in [5.74, 6) is 2.77. The third-order valence-electron chi connectivity index (χ3n) is 3.05. The summed E-state index contributed by atoms with van der Waals surface area (Å²) >= 11 is 2.01. The molecule has 1 amide bonds. The van der Waals surface area contributed by atoms with Gasteiger partial charge in [0.05, 0.1) is 0 Å². The van der Waals surface area contributed by atoms with E-state index in [4.69, 9.17) is 0 Å². The molecule has 2 rings (SSSR count). The van der Waals surface area contributed by atoms with Gasteiger partial charge in [0.1, 0.15) is 0 Å². The third-order valence-corrected chi connectivity index (χ3v) is 4.33. The van der Waals surface area contributed by atoms with Crippen molar-refractivity contribution < 1.29 is 4.79 Å². The number of nitrogens with zero attached hydrogens (tertiary/aromatic N) is 1. The highest BCUT2D eigenvalue weighted by molar-refractivity contribution is 8.00. The number of carbonyl (C=O) groups excluding carboxylic acids is 1. The fourth-order valence-electron chi connectivity index (χ4n) is 2.03. The highest BCUT2D eigenvalue weighted by Gasteiger charge is 2.25. The van der Waals surface area contributed by atoms with Crippen molar-refractivity contribution in [3.05, 3.63) is 0 Å². The Morgan fingerprint density at radius 3 is 2.36 bits per heavy atom. The number of hydrogen-bond acceptors (Lipinski definition) is 3. The van der Waals surface area contributed by atoms with Crippen LogP contribution in [-0.4, -0.2) is 47.5 Å². The highest BCUT2D eigenvalue weighted by atomic mass is 32.2. The van der Waals surface area contributed by atoms with Gasteiger partial charge in [-0.15, -0.1) is 0 Å². The topological polar surface area (TPSA) is 32.3 Å². The average Bonchev–Trinajstić information content (AvgIpc) is 2.12. The number of hydrogen-bond donors (Lipinski definition) is 1. The lowest BCUT2D eigenvalue weighted by Crippen LogP contribution is -2.51. The summed E-state index contributed by atoms with van der Waals surface area (Å²) in [4.78, 5) is 13.0. The van der Waals surface area contributed by atoms with Crippen LogP contribution in [0.3, 0.4) is 0 Å². The molecule has 0 bridgehead atoms. The van der Waals surface area contributed by atoms with E-state index in [0.717, 1.165) is 32.0 Å². The zero-order valence-corrected chi connectivity index (χ0v) is 9.48. The van der Waals surface area contributed by atoms with Crippen molar-refractivity contribution in [1.29, 1.82) is 0 Å². The van der Waals surface area contributed by atoms with Gasteiger partial charge in [-0.3, -0.25) is 4.79 Å². The summed E-state index contributed by atoms with van der Waals surface area (Å²) in [5, 5.41) is 3.66. The number of carbonyl (C=O) groups is 1. The summed E-state index contributed by atoms with van der Waals surface area (Å²) in [6.07, 6.45) is 2.25. The van der Waals surface area contributed by atoms with E-state index in [-0.39, 0.29) is 5.91 Å². The molecule has 0 saturated carbocycles. The van der Waals surface area contributed by atoms with Crippen molar-refractivity contribution in [2.45, 2.75) is 31.8 Å². The molecule has 4 heteroatoms. The van der Waals surface area contributed by atoms with Crippen molar-refractivity contribution in [3.63, 3.8) is 0 Å². The van der Waals surface area contributed by atoms with Gasteiger partial charge >= 0.3 is 0 Å². The number of amides is 1. The Morgan fingerprint density at radius 2 is 1.93 bits per heavy atom. The fourth-order valence-corrected chi connectivity index (χ4v) is 2.69. The van der Waals surface area contributed by atoms with Crippen molar-refractivity contribution >= 4 is 17.7 Å². The molecule has 0 atom stereocenters. The number of rotatable bonds is 2. The fraction of sp³-hybridized carbons (Fsp3) is 0.900. The van der Waals surface area contributed by atoms with Gasteiger partial charge in [0.2, 0.25) is 5.91 Å². The molecule has 3 nitrogen and oxygen atoms in total. The molecule has 2 aliphatic heterocycles. The number of thioether (sulfide) groups is 1. The first-order valence-electron chi connectivity index (χ1n) is 5.35. The molecule has 0 spiro atoms. The first-order chi connectivity index (χ1) is 6.75. The van der Waals surface area contributed by atoms with Crippen LogP contribution in [0, 0.1) is 0 Å². The summed E-state index contributed by atoms with van der Waals surface area (Å²) < 4.78 is 0. The number of piperidine rings is 1. The van der Waals surface area contributed by atoms with Gasteiger partial charge in [0.25, 0.3) is 0 Å². The molecular weight excluding hydrogens is 196 g/mol. The Hall–Kier alpha value is -0.220. The van der Waals surface area contributed by atoms with E-state index in [0.29, 0.717) is 6.04 Å². The second-order valence-corrected chi connectivity index (χ2v) is 5.26. The largest absolute Gasteiger partial charge is 0.343 e. The van der Waals surface area contributed by atoms with Gasteiger partial charge in [-0.1, -0.05) is 0 Å². The minimum Gasteiger partial charge on any atom is -0.343 e. The zero-order valence-electron chi connectivity index (χ0n) is 8.66. The van der Waals surface area contributed by atoms with Crippen molar-refractivity contribution in [2.75, 3.05) is 24.6 Å². The van der Waals surface area contributed by atoms with Crippen LogP contribution in [0.25, 0.3) is 0 Å². The lowest BCUT2D eigenvalue weighted by molar-refractivity contribution is -0.129. The third kappa shape index (κ3) is 2.42. The van der Waals surface area contributed by atoms with Crippen molar-refractivity contribution in [3.8, 4) is 0 Å². The predicted octanol–water partition coefficient (Wildman–Crippen LogP) is 0.702. The van der Waals surface area contributed by atoms with Gasteiger partial charge < -0.3 is 10.2 Å². The summed E-state index contributed by atoms with van der Waals surface area (Å²) in [7, 11) is 0. The Kier molecular flexibility index (Phi) is 3.34. The molecule has 2 saturated heterocycles. The van der Waals surface area contributed by atoms with Crippen LogP contribution in [0.2, 0.25) is 0 Å². The van der Waals surface area contributed by atoms with Crippen molar-refractivity contribution in [1.82, 2.24) is 10.2 Å². The van der Waals surface area contributed by atoms with Crippen LogP contribution in [0.4, 0.5) is 0 Å². The molecule has 0 unspecified atom stereocenters. The SMILES string of the molecule is CC(=O)N1CCC(NC2CSC2)CC1. The quantitative estimate of drug-likeness (QED) is 0.734. The predicted molar refractivity (Wildman–Crippen MR) is 59.5 cm³/mol. The van der Waals surface area contributed by atoms with Gasteiger partial charge in [0, 0.05) is 43.6 Å². The monoisotopic (exact) mass is 214 g/mol. The van der Waals surface area contributed by atoms with Crippen LogP contribution >= 0.6 is 11.8 Å². The van der Waals surface area contributed by atoms with E-state index in [9.17, 15) is 4.79 Å². The number of nitrogens with one attached hydrogen (secondary N) is 1. The van der Waals surface area contributed by atoms with Gasteiger partial charge in [-0.2, -0.15) is 11.8 Å². The second kappa shape index (κ2) is 4.53. The Morgan fingerprint density at radius 1 is 1.29 bits per heavy atom. The molecular formula is C10H18N2OS. The first kappa shape index (κ1) is 10.3. The molecule has 0 aromatic heterocycles. The van der Waals surface area contributed by atoms with E-state index in [1.165, 1.54) is 11.5 Å². The first-order valence-corrected chi connectivity index (χ1v) is 6.50. The number of likely N-dealkylation sites (tertiary alicyclic amines) is 1. The minimum atomic E-state index is 0.225. The summed E-state index contributed by atoms with van der Waals surface area (Å²) in [6.45, 7) is 3.54. The maximum atomic E-state index is 11.1. The summed E-state index contributed by atoms with van der Waals surface area (Å²) in [6, 6.07) is 1.39. The normalized spacial score (nSPS) is 24.8. The molecule has 2 aliphatic rings. The Labute approximate surface area is 89.6 Å². The van der Waals surface area contributed by atoms with Gasteiger partial charge in [0.15, 0.2) is 0 Å². The minimum absolute atomic E-state index is 0.225. The standard InChI is InChI=1S/C10H18N2OS/c1-8(13)12-4-2-9(3-5-12)11-10-6-14-7-10/h9-11H,2-7H2,1H3. The smallest absolute Gasteiger partial charge is 0.219 e. The molecule has 80 valence electrons. The molecule has 0 aliphatic carbocycles. The van der Waals surface area contributed by atoms with E-state index in [2.05, 4.69) is 5.32 Å². The Balaban J connectivity index is 1.69. The van der Waals surface area contributed by atoms with Crippen LogP contribution in [0.5, 0.6) is 0 Å². The van der Waals surface area contributed by atoms with E-state index >= 15 is 0 Å². The van der Waals surface area contributed by atoms with Crippen LogP contribution in [-0.2, 0) is 4.79 Å². The zero-order chi connectivity index (χ0) is 9.97. The molecule has 0 radical (unpaired) electrons. The van der Waals surface area contributed by atoms with Crippen molar-refractivity contribution in [2.24, 2.45) is 0 Å². The maximum Gasteiger partial charge on any atom is 0.219 e.